The van der Waals surface area contributed by atoms with Gasteiger partial charge >= 0.3 is 0 Å². The molecule has 0 unspecified atom stereocenters. The second-order valence-corrected chi connectivity index (χ2v) is 3.03. The first-order valence-corrected chi connectivity index (χ1v) is 3.94. The number of pyridine rings is 1. The van der Waals surface area contributed by atoms with Crippen LogP contribution in [0.1, 0.15) is 11.5 Å². The molecule has 0 bridgehead atoms. The van der Waals surface area contributed by atoms with Crippen molar-refractivity contribution >= 4 is 11.0 Å². The Bertz CT molecular complexity index is 429. The number of imidazole rings is 1. The van der Waals surface area contributed by atoms with Gasteiger partial charge in [-0.1, -0.05) is 0 Å². The molecule has 0 saturated heterocycles. The van der Waals surface area contributed by atoms with Crippen LogP contribution in [0.2, 0.25) is 0 Å². The number of aromatic nitrogens is 3. The lowest BCUT2D eigenvalue weighted by atomic mass is 10.3. The van der Waals surface area contributed by atoms with Crippen LogP contribution in [-0.2, 0) is 7.05 Å². The predicted octanol–water partition coefficient (Wildman–Crippen LogP) is 1.59. The zero-order valence-electron chi connectivity index (χ0n) is 7.50. The topological polar surface area (TPSA) is 30.7 Å². The van der Waals surface area contributed by atoms with E-state index in [9.17, 15) is 0 Å². The summed E-state index contributed by atoms with van der Waals surface area (Å²) in [5, 5.41) is 0. The zero-order chi connectivity index (χ0) is 8.72. The van der Waals surface area contributed by atoms with Crippen LogP contribution in [0.4, 0.5) is 0 Å². The Morgan fingerprint density at radius 3 is 2.83 bits per heavy atom. The maximum Gasteiger partial charge on any atom is 0.106 e. The average molecular weight is 161 g/mol. The van der Waals surface area contributed by atoms with Crippen molar-refractivity contribution in [2.24, 2.45) is 7.05 Å². The molecule has 0 N–H and O–H groups in total. The fraction of sp³-hybridized carbons (Fsp3) is 0.333. The van der Waals surface area contributed by atoms with Crippen LogP contribution < -0.4 is 0 Å². The average Bonchev–Trinajstić information content (AvgIpc) is 2.28. The van der Waals surface area contributed by atoms with Gasteiger partial charge in [-0.2, -0.15) is 0 Å². The van der Waals surface area contributed by atoms with E-state index < -0.39 is 0 Å². The molecule has 3 nitrogen and oxygen atoms in total. The molecule has 2 aromatic rings. The summed E-state index contributed by atoms with van der Waals surface area (Å²) >= 11 is 0. The highest BCUT2D eigenvalue weighted by molar-refractivity contribution is 5.75. The molecule has 0 aliphatic rings. The molecule has 0 atom stereocenters. The van der Waals surface area contributed by atoms with Gasteiger partial charge in [-0.25, -0.2) is 4.98 Å². The number of fused-ring (bicyclic) bond motifs is 1. The minimum absolute atomic E-state index is 1.01. The summed E-state index contributed by atoms with van der Waals surface area (Å²) in [6.45, 7) is 3.97. The van der Waals surface area contributed by atoms with Gasteiger partial charge in [0.1, 0.15) is 5.82 Å². The van der Waals surface area contributed by atoms with E-state index in [-0.39, 0.29) is 0 Å². The Balaban J connectivity index is 2.87. The third-order valence-corrected chi connectivity index (χ3v) is 2.13. The Hall–Kier alpha value is -1.38. The molecule has 0 aliphatic carbocycles. The van der Waals surface area contributed by atoms with Crippen LogP contribution in [0.15, 0.2) is 12.3 Å². The van der Waals surface area contributed by atoms with Crippen LogP contribution in [0.25, 0.3) is 11.0 Å². The van der Waals surface area contributed by atoms with Gasteiger partial charge in [0, 0.05) is 12.7 Å². The van der Waals surface area contributed by atoms with Crippen LogP contribution in [0.3, 0.4) is 0 Å². The first kappa shape index (κ1) is 7.28. The molecule has 62 valence electrons. The molecule has 2 rings (SSSR count). The zero-order valence-corrected chi connectivity index (χ0v) is 7.50. The summed E-state index contributed by atoms with van der Waals surface area (Å²) in [6, 6.07) is 2.00. The fourth-order valence-electron chi connectivity index (χ4n) is 1.31. The second kappa shape index (κ2) is 2.30. The number of rotatable bonds is 0. The third kappa shape index (κ3) is 0.897. The minimum Gasteiger partial charge on any atom is -0.330 e. The highest BCUT2D eigenvalue weighted by Crippen LogP contribution is 2.13. The Morgan fingerprint density at radius 2 is 2.08 bits per heavy atom. The van der Waals surface area contributed by atoms with Gasteiger partial charge in [0.05, 0.1) is 17.2 Å². The molecule has 2 aromatic heterocycles. The highest BCUT2D eigenvalue weighted by atomic mass is 15.1. The lowest BCUT2D eigenvalue weighted by molar-refractivity contribution is 0.884. The lowest BCUT2D eigenvalue weighted by Gasteiger charge is -1.95. The van der Waals surface area contributed by atoms with Crippen LogP contribution in [0.5, 0.6) is 0 Å². The van der Waals surface area contributed by atoms with Crippen LogP contribution in [0, 0.1) is 13.8 Å². The smallest absolute Gasteiger partial charge is 0.106 e. The van der Waals surface area contributed by atoms with Gasteiger partial charge in [-0.05, 0) is 19.9 Å². The molecule has 3 heteroatoms. The van der Waals surface area contributed by atoms with E-state index in [1.807, 2.05) is 37.7 Å². The molecule has 0 aliphatic heterocycles. The number of hydrogen-bond acceptors (Lipinski definition) is 2. The number of nitrogens with zero attached hydrogens (tertiary/aromatic N) is 3. The van der Waals surface area contributed by atoms with E-state index in [2.05, 4.69) is 9.97 Å². The van der Waals surface area contributed by atoms with E-state index in [1.165, 1.54) is 0 Å². The third-order valence-electron chi connectivity index (χ3n) is 2.13. The molecule has 0 spiro atoms. The molecule has 0 fully saturated rings. The maximum atomic E-state index is 4.40. The van der Waals surface area contributed by atoms with E-state index in [1.54, 1.807) is 0 Å². The van der Waals surface area contributed by atoms with Gasteiger partial charge in [0.2, 0.25) is 0 Å². The standard InChI is InChI=1S/C9H11N3/c1-6-4-8-9(5-10-6)12(3)7(2)11-8/h4-5H,1-3H3. The quantitative estimate of drug-likeness (QED) is 0.587. The van der Waals surface area contributed by atoms with Gasteiger partial charge in [0.15, 0.2) is 0 Å². The summed E-state index contributed by atoms with van der Waals surface area (Å²) in [6.07, 6.45) is 1.87. The molecule has 0 amide bonds. The van der Waals surface area contributed by atoms with Crippen molar-refractivity contribution in [3.8, 4) is 0 Å². The summed E-state index contributed by atoms with van der Waals surface area (Å²) in [5.41, 5.74) is 3.14. The van der Waals surface area contributed by atoms with Crippen molar-refractivity contribution in [3.05, 3.63) is 23.8 Å². The Labute approximate surface area is 71.1 Å². The lowest BCUT2D eigenvalue weighted by Crippen LogP contribution is -1.90. The molecular weight excluding hydrogens is 150 g/mol. The first-order valence-electron chi connectivity index (χ1n) is 3.94. The Kier molecular flexibility index (Phi) is 1.40. The van der Waals surface area contributed by atoms with Crippen molar-refractivity contribution < 1.29 is 0 Å². The summed E-state index contributed by atoms with van der Waals surface area (Å²) in [7, 11) is 2.00. The largest absolute Gasteiger partial charge is 0.330 e. The normalized spacial score (nSPS) is 10.9. The van der Waals surface area contributed by atoms with E-state index in [0.29, 0.717) is 0 Å². The predicted molar refractivity (Wildman–Crippen MR) is 48.0 cm³/mol. The number of hydrogen-bond donors (Lipinski definition) is 0. The molecule has 2 heterocycles. The number of aryl methyl sites for hydroxylation is 3. The molecular formula is C9H11N3. The van der Waals surface area contributed by atoms with Crippen molar-refractivity contribution in [1.29, 1.82) is 0 Å². The molecule has 0 aromatic carbocycles. The molecule has 12 heavy (non-hydrogen) atoms. The van der Waals surface area contributed by atoms with Crippen molar-refractivity contribution in [2.45, 2.75) is 13.8 Å². The van der Waals surface area contributed by atoms with Crippen LogP contribution in [-0.4, -0.2) is 14.5 Å². The van der Waals surface area contributed by atoms with E-state index in [0.717, 1.165) is 22.6 Å². The van der Waals surface area contributed by atoms with Gasteiger partial charge < -0.3 is 4.57 Å². The second-order valence-electron chi connectivity index (χ2n) is 3.03. The van der Waals surface area contributed by atoms with E-state index in [4.69, 9.17) is 0 Å². The first-order chi connectivity index (χ1) is 5.68. The van der Waals surface area contributed by atoms with Gasteiger partial charge in [-0.15, -0.1) is 0 Å². The van der Waals surface area contributed by atoms with Crippen molar-refractivity contribution in [1.82, 2.24) is 14.5 Å². The van der Waals surface area contributed by atoms with Crippen molar-refractivity contribution in [3.63, 3.8) is 0 Å². The van der Waals surface area contributed by atoms with Crippen molar-refractivity contribution in [2.75, 3.05) is 0 Å². The fourth-order valence-corrected chi connectivity index (χ4v) is 1.31. The Morgan fingerprint density at radius 1 is 1.33 bits per heavy atom. The van der Waals surface area contributed by atoms with Gasteiger partial charge in [0.25, 0.3) is 0 Å². The minimum atomic E-state index is 1.01. The van der Waals surface area contributed by atoms with E-state index >= 15 is 0 Å². The summed E-state index contributed by atoms with van der Waals surface area (Å²) in [5.74, 6) is 1.03. The highest BCUT2D eigenvalue weighted by Gasteiger charge is 2.03. The summed E-state index contributed by atoms with van der Waals surface area (Å²) < 4.78 is 2.04. The SMILES string of the molecule is Cc1cc2nc(C)n(C)c2cn1. The molecule has 0 radical (unpaired) electrons. The van der Waals surface area contributed by atoms with Crippen LogP contribution >= 0.6 is 0 Å². The summed E-state index contributed by atoms with van der Waals surface area (Å²) in [4.78, 5) is 8.62. The van der Waals surface area contributed by atoms with Gasteiger partial charge in [-0.3, -0.25) is 4.98 Å². The monoisotopic (exact) mass is 161 g/mol. The maximum absolute atomic E-state index is 4.40. The molecule has 0 saturated carbocycles.